The van der Waals surface area contributed by atoms with Gasteiger partial charge >= 0.3 is 6.03 Å². The van der Waals surface area contributed by atoms with Crippen LogP contribution < -0.4 is 5.32 Å². The van der Waals surface area contributed by atoms with Crippen LogP contribution in [0.5, 0.6) is 0 Å². The molecule has 0 saturated heterocycles. The molecular weight excluding hydrogens is 506 g/mol. The van der Waals surface area contributed by atoms with Gasteiger partial charge in [-0.15, -0.1) is 0 Å². The number of para-hydroxylation sites is 1. The number of urea groups is 1. The Bertz CT molecular complexity index is 1650. The number of aromatic nitrogens is 3. The molecule has 0 aliphatic carbocycles. The van der Waals surface area contributed by atoms with E-state index in [1.165, 1.54) is 5.56 Å². The molecule has 1 aliphatic heterocycles. The zero-order valence-electron chi connectivity index (χ0n) is 22.2. The number of hydrogen-bond acceptors (Lipinski definition) is 2. The van der Waals surface area contributed by atoms with Gasteiger partial charge in [0, 0.05) is 22.5 Å². The number of halogens is 1. The fourth-order valence-electron chi connectivity index (χ4n) is 5.30. The minimum Gasteiger partial charge on any atom is -0.308 e. The summed E-state index contributed by atoms with van der Waals surface area (Å²) in [5, 5.41) is 8.65. The number of hydrogen-bond donors (Lipinski definition) is 1. The van der Waals surface area contributed by atoms with Gasteiger partial charge < -0.3 is 14.8 Å². The van der Waals surface area contributed by atoms with Crippen LogP contribution >= 0.6 is 11.6 Å². The van der Waals surface area contributed by atoms with E-state index in [0.717, 1.165) is 46.0 Å². The van der Waals surface area contributed by atoms with Crippen LogP contribution in [0.1, 0.15) is 46.6 Å². The number of aryl methyl sites for hydroxylation is 3. The van der Waals surface area contributed by atoms with Crippen LogP contribution in [0, 0.1) is 13.8 Å². The molecule has 0 bridgehead atoms. The summed E-state index contributed by atoms with van der Waals surface area (Å²) in [4.78, 5) is 16.0. The van der Waals surface area contributed by atoms with E-state index in [-0.39, 0.29) is 12.1 Å². The number of rotatable bonds is 4. The first-order valence-electron chi connectivity index (χ1n) is 13.2. The lowest BCUT2D eigenvalue weighted by Crippen LogP contribution is -2.38. The molecule has 2 amide bonds. The maximum absolute atomic E-state index is 14.1. The number of carbonyl (C=O) groups excluding carboxylic acids is 1. The molecule has 7 heteroatoms. The van der Waals surface area contributed by atoms with Crippen LogP contribution in [0.25, 0.3) is 11.5 Å². The summed E-state index contributed by atoms with van der Waals surface area (Å²) in [5.41, 5.74) is 7.77. The van der Waals surface area contributed by atoms with Crippen molar-refractivity contribution in [3.05, 3.63) is 130 Å². The van der Waals surface area contributed by atoms with E-state index >= 15 is 0 Å². The molecule has 5 aromatic rings. The maximum atomic E-state index is 14.1. The highest BCUT2D eigenvalue weighted by Crippen LogP contribution is 2.39. The van der Waals surface area contributed by atoms with Crippen LogP contribution in [0.2, 0.25) is 5.02 Å². The second-order valence-electron chi connectivity index (χ2n) is 9.96. The molecule has 0 radical (unpaired) electrons. The summed E-state index contributed by atoms with van der Waals surface area (Å²) in [5.74, 6) is 0.947. The zero-order chi connectivity index (χ0) is 27.1. The Labute approximate surface area is 233 Å². The summed E-state index contributed by atoms with van der Waals surface area (Å²) in [6.07, 6.45) is 3.01. The normalized spacial score (nSPS) is 14.5. The number of fused-ring (bicyclic) bond motifs is 3. The summed E-state index contributed by atoms with van der Waals surface area (Å²) in [6, 6.07) is 27.9. The van der Waals surface area contributed by atoms with Crippen molar-refractivity contribution in [3.63, 3.8) is 0 Å². The molecule has 1 atom stereocenters. The molecule has 0 saturated carbocycles. The molecule has 39 heavy (non-hydrogen) atoms. The van der Waals surface area contributed by atoms with Gasteiger partial charge in [0.25, 0.3) is 0 Å². The summed E-state index contributed by atoms with van der Waals surface area (Å²) in [7, 11) is 0. The van der Waals surface area contributed by atoms with Gasteiger partial charge in [-0.25, -0.2) is 9.48 Å². The lowest BCUT2D eigenvalue weighted by Gasteiger charge is -2.31. The number of nitrogens with zero attached hydrogens (tertiary/aromatic N) is 4. The second-order valence-corrected chi connectivity index (χ2v) is 10.4. The standard InChI is InChI=1S/C32H30ClN5O/c1-4-23-13-15-24(16-14-23)30-29-11-8-18-36(29)31-27(22(3)35-38(31)26-9-6-5-7-10-26)20-37(30)32(39)34-25-17-12-21(2)28(33)19-25/h5-19,30H,4,20H2,1-3H3,(H,34,39)/t30-/m1/s1. The Hall–Kier alpha value is -4.29. The Balaban J connectivity index is 1.52. The molecule has 6 nitrogen and oxygen atoms in total. The smallest absolute Gasteiger partial charge is 0.308 e. The molecule has 2 aromatic heterocycles. The van der Waals surface area contributed by atoms with Gasteiger partial charge in [0.1, 0.15) is 5.82 Å². The van der Waals surface area contributed by atoms with E-state index in [9.17, 15) is 4.79 Å². The number of carbonyl (C=O) groups is 1. The summed E-state index contributed by atoms with van der Waals surface area (Å²) >= 11 is 6.38. The maximum Gasteiger partial charge on any atom is 0.322 e. The van der Waals surface area contributed by atoms with E-state index in [1.807, 2.05) is 72.0 Å². The first kappa shape index (κ1) is 25.0. The largest absolute Gasteiger partial charge is 0.322 e. The average molecular weight is 536 g/mol. The van der Waals surface area contributed by atoms with Crippen molar-refractivity contribution in [2.45, 2.75) is 39.8 Å². The van der Waals surface area contributed by atoms with Crippen molar-refractivity contribution in [2.75, 3.05) is 5.32 Å². The van der Waals surface area contributed by atoms with Gasteiger partial charge in [0.15, 0.2) is 0 Å². The van der Waals surface area contributed by atoms with Crippen molar-refractivity contribution in [3.8, 4) is 11.5 Å². The predicted molar refractivity (Wildman–Crippen MR) is 156 cm³/mol. The van der Waals surface area contributed by atoms with Gasteiger partial charge in [-0.2, -0.15) is 5.10 Å². The molecule has 196 valence electrons. The third-order valence-electron chi connectivity index (χ3n) is 7.47. The fraction of sp³-hybridized carbons (Fsp3) is 0.188. The Morgan fingerprint density at radius 3 is 2.49 bits per heavy atom. The minimum absolute atomic E-state index is 0.202. The van der Waals surface area contributed by atoms with Crippen LogP contribution in [0.15, 0.2) is 91.1 Å². The fourth-order valence-corrected chi connectivity index (χ4v) is 5.48. The predicted octanol–water partition coefficient (Wildman–Crippen LogP) is 7.63. The number of anilines is 1. The highest BCUT2D eigenvalue weighted by Gasteiger charge is 2.36. The van der Waals surface area contributed by atoms with Crippen molar-refractivity contribution in [2.24, 2.45) is 0 Å². The van der Waals surface area contributed by atoms with Gasteiger partial charge in [0.2, 0.25) is 0 Å². The quantitative estimate of drug-likeness (QED) is 0.257. The SMILES string of the molecule is CCc1ccc([C@@H]2c3cccn3-c3c(c(C)nn3-c3ccccc3)CN2C(=O)Nc2ccc(C)c(Cl)c2)cc1. The molecule has 0 unspecified atom stereocenters. The van der Waals surface area contributed by atoms with Gasteiger partial charge in [-0.05, 0) is 73.4 Å². The lowest BCUT2D eigenvalue weighted by molar-refractivity contribution is 0.194. The van der Waals surface area contributed by atoms with Crippen molar-refractivity contribution in [1.82, 2.24) is 19.2 Å². The van der Waals surface area contributed by atoms with Gasteiger partial charge in [0.05, 0.1) is 29.7 Å². The molecule has 1 N–H and O–H groups in total. The third kappa shape index (κ3) is 4.51. The molecule has 3 heterocycles. The van der Waals surface area contributed by atoms with E-state index in [1.54, 1.807) is 6.07 Å². The van der Waals surface area contributed by atoms with Crippen molar-refractivity contribution < 1.29 is 4.79 Å². The van der Waals surface area contributed by atoms with E-state index < -0.39 is 0 Å². The third-order valence-corrected chi connectivity index (χ3v) is 7.88. The highest BCUT2D eigenvalue weighted by atomic mass is 35.5. The lowest BCUT2D eigenvalue weighted by atomic mass is 9.99. The molecule has 3 aromatic carbocycles. The average Bonchev–Trinajstić information content (AvgIpc) is 3.51. The Kier molecular flexibility index (Phi) is 6.49. The van der Waals surface area contributed by atoms with E-state index in [4.69, 9.17) is 16.7 Å². The first-order chi connectivity index (χ1) is 18.9. The Morgan fingerprint density at radius 1 is 1.00 bits per heavy atom. The van der Waals surface area contributed by atoms with Crippen LogP contribution in [-0.4, -0.2) is 25.3 Å². The first-order valence-corrected chi connectivity index (χ1v) is 13.6. The molecule has 6 rings (SSSR count). The van der Waals surface area contributed by atoms with Crippen molar-refractivity contribution in [1.29, 1.82) is 0 Å². The summed E-state index contributed by atoms with van der Waals surface area (Å²) in [6.45, 7) is 6.49. The topological polar surface area (TPSA) is 55.1 Å². The zero-order valence-corrected chi connectivity index (χ0v) is 23.0. The van der Waals surface area contributed by atoms with Crippen molar-refractivity contribution >= 4 is 23.3 Å². The monoisotopic (exact) mass is 535 g/mol. The van der Waals surface area contributed by atoms with Crippen LogP contribution in [-0.2, 0) is 13.0 Å². The summed E-state index contributed by atoms with van der Waals surface area (Å²) < 4.78 is 4.16. The highest BCUT2D eigenvalue weighted by molar-refractivity contribution is 6.31. The number of nitrogens with one attached hydrogen (secondary N) is 1. The van der Waals surface area contributed by atoms with Gasteiger partial charge in [-0.3, -0.25) is 0 Å². The molecule has 0 spiro atoms. The molecular formula is C32H30ClN5O. The van der Waals surface area contributed by atoms with Crippen LogP contribution in [0.4, 0.5) is 10.5 Å². The van der Waals surface area contributed by atoms with E-state index in [2.05, 4.69) is 53.3 Å². The molecule has 1 aliphatic rings. The number of amides is 2. The molecule has 0 fully saturated rings. The minimum atomic E-state index is -0.317. The van der Waals surface area contributed by atoms with Crippen LogP contribution in [0.3, 0.4) is 0 Å². The Morgan fingerprint density at radius 2 is 1.77 bits per heavy atom. The number of benzene rings is 3. The van der Waals surface area contributed by atoms with Gasteiger partial charge in [-0.1, -0.05) is 67.1 Å². The second kappa shape index (κ2) is 10.1. The van der Waals surface area contributed by atoms with E-state index in [0.29, 0.717) is 17.3 Å².